The van der Waals surface area contributed by atoms with Crippen LogP contribution in [0.1, 0.15) is 17.0 Å². The van der Waals surface area contributed by atoms with E-state index in [1.54, 1.807) is 18.3 Å². The molecule has 0 spiro atoms. The van der Waals surface area contributed by atoms with Gasteiger partial charge in [0.2, 0.25) is 0 Å². The summed E-state index contributed by atoms with van der Waals surface area (Å²) in [6.45, 7) is 0.420. The summed E-state index contributed by atoms with van der Waals surface area (Å²) in [5, 5.41) is 0. The van der Waals surface area contributed by atoms with Crippen molar-refractivity contribution in [3.63, 3.8) is 0 Å². The maximum Gasteiger partial charge on any atom is 0.134 e. The number of rotatable bonds is 1. The minimum absolute atomic E-state index is 0.272. The second kappa shape index (κ2) is 5.18. The van der Waals surface area contributed by atoms with Crippen LogP contribution in [0.5, 0.6) is 0 Å². The standard InChI is InChI=1S/C17H11BrFN3/c18-11-5-6-15-13(9-11)17(12-3-1-2-4-14(12)19)21-10-16-20-7-8-22(15)16/h1-9H,10H2. The highest BCUT2D eigenvalue weighted by Crippen LogP contribution is 2.28. The highest BCUT2D eigenvalue weighted by atomic mass is 79.9. The third-order valence-corrected chi connectivity index (χ3v) is 4.19. The Morgan fingerprint density at radius 3 is 2.82 bits per heavy atom. The normalized spacial score (nSPS) is 13.1. The molecule has 1 aliphatic heterocycles. The number of aliphatic imine (C=N–C) groups is 1. The summed E-state index contributed by atoms with van der Waals surface area (Å²) in [5.74, 6) is 0.571. The van der Waals surface area contributed by atoms with Gasteiger partial charge in [-0.1, -0.05) is 28.1 Å². The van der Waals surface area contributed by atoms with Gasteiger partial charge in [0.1, 0.15) is 11.6 Å². The molecule has 0 saturated heterocycles. The number of nitrogens with zero attached hydrogens (tertiary/aromatic N) is 3. The molecule has 0 unspecified atom stereocenters. The van der Waals surface area contributed by atoms with Crippen molar-refractivity contribution in [1.82, 2.24) is 9.55 Å². The molecule has 0 fully saturated rings. The van der Waals surface area contributed by atoms with Crippen LogP contribution < -0.4 is 0 Å². The van der Waals surface area contributed by atoms with Crippen LogP contribution in [0.25, 0.3) is 5.69 Å². The summed E-state index contributed by atoms with van der Waals surface area (Å²) in [6, 6.07) is 12.6. The fourth-order valence-corrected chi connectivity index (χ4v) is 3.06. The molecule has 5 heteroatoms. The SMILES string of the molecule is Fc1ccccc1C1=NCc2nccn2-c2ccc(Br)cc21. The van der Waals surface area contributed by atoms with Crippen molar-refractivity contribution in [3.05, 3.63) is 82.1 Å². The average molecular weight is 356 g/mol. The predicted octanol–water partition coefficient (Wildman–Crippen LogP) is 4.12. The van der Waals surface area contributed by atoms with Gasteiger partial charge in [-0.15, -0.1) is 0 Å². The zero-order chi connectivity index (χ0) is 15.1. The Hall–Kier alpha value is -2.27. The van der Waals surface area contributed by atoms with E-state index in [0.29, 0.717) is 17.8 Å². The third-order valence-electron chi connectivity index (χ3n) is 3.70. The zero-order valence-electron chi connectivity index (χ0n) is 11.5. The van der Waals surface area contributed by atoms with Gasteiger partial charge < -0.3 is 4.57 Å². The average Bonchev–Trinajstić information content (AvgIpc) is 2.92. The number of benzene rings is 2. The molecule has 22 heavy (non-hydrogen) atoms. The van der Waals surface area contributed by atoms with Gasteiger partial charge >= 0.3 is 0 Å². The summed E-state index contributed by atoms with van der Waals surface area (Å²) < 4.78 is 17.2. The summed E-state index contributed by atoms with van der Waals surface area (Å²) in [7, 11) is 0. The molecule has 0 amide bonds. The number of hydrogen-bond acceptors (Lipinski definition) is 2. The van der Waals surface area contributed by atoms with Gasteiger partial charge in [0.15, 0.2) is 0 Å². The lowest BCUT2D eigenvalue weighted by Gasteiger charge is -2.12. The van der Waals surface area contributed by atoms with Crippen LogP contribution in [0.3, 0.4) is 0 Å². The van der Waals surface area contributed by atoms with Crippen molar-refractivity contribution in [3.8, 4) is 5.69 Å². The Labute approximate surface area is 135 Å². The van der Waals surface area contributed by atoms with Crippen LogP contribution in [0.15, 0.2) is 64.3 Å². The molecule has 4 rings (SSSR count). The van der Waals surface area contributed by atoms with Gasteiger partial charge in [-0.05, 0) is 30.3 Å². The second-order valence-electron chi connectivity index (χ2n) is 5.02. The Balaban J connectivity index is 2.01. The van der Waals surface area contributed by atoms with Gasteiger partial charge in [0.05, 0.1) is 17.9 Å². The summed E-state index contributed by atoms with van der Waals surface area (Å²) in [6.07, 6.45) is 3.66. The number of fused-ring (bicyclic) bond motifs is 3. The quantitative estimate of drug-likeness (QED) is 0.645. The number of imidazole rings is 1. The molecule has 0 aliphatic carbocycles. The molecule has 0 radical (unpaired) electrons. The molecule has 0 bridgehead atoms. The van der Waals surface area contributed by atoms with E-state index in [1.165, 1.54) is 6.07 Å². The molecule has 108 valence electrons. The molecule has 2 heterocycles. The van der Waals surface area contributed by atoms with Crippen molar-refractivity contribution < 1.29 is 4.39 Å². The van der Waals surface area contributed by atoms with E-state index in [1.807, 2.05) is 35.0 Å². The molecule has 0 atom stereocenters. The third kappa shape index (κ3) is 2.09. The first kappa shape index (κ1) is 13.4. The molecular formula is C17H11BrFN3. The monoisotopic (exact) mass is 355 g/mol. The van der Waals surface area contributed by atoms with E-state index in [4.69, 9.17) is 0 Å². The summed E-state index contributed by atoms with van der Waals surface area (Å²) in [4.78, 5) is 8.96. The van der Waals surface area contributed by atoms with E-state index in [9.17, 15) is 4.39 Å². The van der Waals surface area contributed by atoms with Crippen LogP contribution in [-0.4, -0.2) is 15.3 Å². The molecule has 3 aromatic rings. The van der Waals surface area contributed by atoms with E-state index in [0.717, 1.165) is 21.5 Å². The first-order valence-corrected chi connectivity index (χ1v) is 7.65. The van der Waals surface area contributed by atoms with Crippen molar-refractivity contribution >= 4 is 21.6 Å². The molecule has 3 nitrogen and oxygen atoms in total. The largest absolute Gasteiger partial charge is 0.302 e. The fourth-order valence-electron chi connectivity index (χ4n) is 2.70. The van der Waals surface area contributed by atoms with Crippen LogP contribution in [-0.2, 0) is 6.54 Å². The van der Waals surface area contributed by atoms with E-state index >= 15 is 0 Å². The Morgan fingerprint density at radius 1 is 1.09 bits per heavy atom. The smallest absolute Gasteiger partial charge is 0.134 e. The number of halogens is 2. The van der Waals surface area contributed by atoms with Crippen molar-refractivity contribution in [2.75, 3.05) is 0 Å². The van der Waals surface area contributed by atoms with Gasteiger partial charge in [-0.25, -0.2) is 9.37 Å². The molecule has 1 aromatic heterocycles. The Morgan fingerprint density at radius 2 is 1.95 bits per heavy atom. The van der Waals surface area contributed by atoms with Gasteiger partial charge in [-0.2, -0.15) is 0 Å². The van der Waals surface area contributed by atoms with Gasteiger partial charge in [-0.3, -0.25) is 4.99 Å². The highest BCUT2D eigenvalue weighted by Gasteiger charge is 2.21. The fraction of sp³-hybridized carbons (Fsp3) is 0.0588. The summed E-state index contributed by atoms with van der Waals surface area (Å²) >= 11 is 3.49. The Bertz CT molecular complexity index is 898. The van der Waals surface area contributed by atoms with Crippen LogP contribution >= 0.6 is 15.9 Å². The molecule has 0 saturated carbocycles. The number of aromatic nitrogens is 2. The van der Waals surface area contributed by atoms with Gasteiger partial charge in [0.25, 0.3) is 0 Å². The molecule has 1 aliphatic rings. The highest BCUT2D eigenvalue weighted by molar-refractivity contribution is 9.10. The van der Waals surface area contributed by atoms with Crippen molar-refractivity contribution in [1.29, 1.82) is 0 Å². The maximum atomic E-state index is 14.2. The topological polar surface area (TPSA) is 30.2 Å². The summed E-state index contributed by atoms with van der Waals surface area (Å²) in [5.41, 5.74) is 3.00. The molecular weight excluding hydrogens is 345 g/mol. The van der Waals surface area contributed by atoms with Crippen LogP contribution in [0, 0.1) is 5.82 Å². The van der Waals surface area contributed by atoms with E-state index in [-0.39, 0.29) is 5.82 Å². The van der Waals surface area contributed by atoms with E-state index < -0.39 is 0 Å². The maximum absolute atomic E-state index is 14.2. The minimum Gasteiger partial charge on any atom is -0.302 e. The van der Waals surface area contributed by atoms with Crippen molar-refractivity contribution in [2.45, 2.75) is 6.54 Å². The lowest BCUT2D eigenvalue weighted by molar-refractivity contribution is 0.625. The Kier molecular flexibility index (Phi) is 3.15. The predicted molar refractivity (Wildman–Crippen MR) is 87.0 cm³/mol. The first-order valence-electron chi connectivity index (χ1n) is 6.86. The van der Waals surface area contributed by atoms with Gasteiger partial charge in [0, 0.05) is 28.0 Å². The first-order chi connectivity index (χ1) is 10.7. The molecule has 0 N–H and O–H groups in total. The number of hydrogen-bond donors (Lipinski definition) is 0. The van der Waals surface area contributed by atoms with Crippen LogP contribution in [0.4, 0.5) is 4.39 Å². The molecule has 2 aromatic carbocycles. The minimum atomic E-state index is -0.272. The lowest BCUT2D eigenvalue weighted by Crippen LogP contribution is -2.08. The van der Waals surface area contributed by atoms with E-state index in [2.05, 4.69) is 25.9 Å². The lowest BCUT2D eigenvalue weighted by atomic mass is 10.00. The zero-order valence-corrected chi connectivity index (χ0v) is 13.1. The van der Waals surface area contributed by atoms with Crippen LogP contribution in [0.2, 0.25) is 0 Å². The second-order valence-corrected chi connectivity index (χ2v) is 5.94. The van der Waals surface area contributed by atoms with Crippen molar-refractivity contribution in [2.24, 2.45) is 4.99 Å².